The fourth-order valence-corrected chi connectivity index (χ4v) is 4.76. The summed E-state index contributed by atoms with van der Waals surface area (Å²) in [5, 5.41) is 11.7. The summed E-state index contributed by atoms with van der Waals surface area (Å²) in [7, 11) is 1.58. The first kappa shape index (κ1) is 19.7. The van der Waals surface area contributed by atoms with Crippen LogP contribution in [0, 0.1) is 0 Å². The van der Waals surface area contributed by atoms with Crippen molar-refractivity contribution < 1.29 is 28.8 Å². The molecule has 0 aromatic heterocycles. The molecule has 6 nitrogen and oxygen atoms in total. The lowest BCUT2D eigenvalue weighted by Gasteiger charge is -2.31. The van der Waals surface area contributed by atoms with E-state index in [2.05, 4.69) is 18.2 Å². The number of methoxy groups -OCH3 is 1. The number of hydrogen-bond acceptors (Lipinski definition) is 6. The van der Waals surface area contributed by atoms with Gasteiger partial charge in [-0.05, 0) is 67.0 Å². The highest BCUT2D eigenvalue weighted by atomic mass is 16.7. The first-order valence-corrected chi connectivity index (χ1v) is 10.5. The Labute approximate surface area is 180 Å². The molecule has 0 radical (unpaired) electrons. The molecule has 2 aromatic rings. The summed E-state index contributed by atoms with van der Waals surface area (Å²) < 4.78 is 21.5. The number of hydrogen-bond donors (Lipinski definition) is 1. The highest BCUT2D eigenvalue weighted by Gasteiger charge is 2.50. The third-order valence-electron chi connectivity index (χ3n) is 6.30. The number of esters is 1. The molecule has 1 aliphatic carbocycles. The number of carbonyl (C=O) groups excluding carboxylic acids is 1. The lowest BCUT2D eigenvalue weighted by molar-refractivity contribution is -0.186. The molecule has 0 saturated carbocycles. The van der Waals surface area contributed by atoms with Crippen LogP contribution < -0.4 is 4.74 Å². The summed E-state index contributed by atoms with van der Waals surface area (Å²) in [4.78, 5) is 12.9. The van der Waals surface area contributed by atoms with Gasteiger partial charge in [0.2, 0.25) is 6.79 Å². The maximum atomic E-state index is 12.9. The first-order chi connectivity index (χ1) is 15.1. The van der Waals surface area contributed by atoms with Gasteiger partial charge in [0, 0.05) is 11.1 Å². The Bertz CT molecular complexity index is 1070. The Morgan fingerprint density at radius 2 is 1.97 bits per heavy atom. The van der Waals surface area contributed by atoms with Gasteiger partial charge in [-0.25, -0.2) is 4.79 Å². The standard InChI is InChI=1S/C25H24O6/c1-28-19-11-9-18(10-12-19)25(27)21(23(24(26)31-25)22-14-29-15-30-22)13-17-7-4-6-16-5-2-3-8-20(16)17/h2-3,5,8-12,14,17,27H,4,6-7,13,15H2,1H3. The van der Waals surface area contributed by atoms with Crippen molar-refractivity contribution in [3.05, 3.63) is 88.4 Å². The maximum absolute atomic E-state index is 12.9. The maximum Gasteiger partial charge on any atom is 0.345 e. The zero-order valence-electron chi connectivity index (χ0n) is 17.3. The summed E-state index contributed by atoms with van der Waals surface area (Å²) in [6.07, 6.45) is 4.95. The van der Waals surface area contributed by atoms with Gasteiger partial charge < -0.3 is 24.1 Å². The second-order valence-electron chi connectivity index (χ2n) is 8.02. The van der Waals surface area contributed by atoms with Crippen LogP contribution in [0.25, 0.3) is 0 Å². The molecule has 160 valence electrons. The zero-order chi connectivity index (χ0) is 21.4. The topological polar surface area (TPSA) is 74.2 Å². The molecule has 31 heavy (non-hydrogen) atoms. The summed E-state index contributed by atoms with van der Waals surface area (Å²) in [6, 6.07) is 15.3. The molecule has 0 saturated heterocycles. The summed E-state index contributed by atoms with van der Waals surface area (Å²) in [5.74, 6) is -1.38. The molecule has 2 aliphatic heterocycles. The third kappa shape index (κ3) is 3.37. The van der Waals surface area contributed by atoms with Gasteiger partial charge in [-0.15, -0.1) is 0 Å². The van der Waals surface area contributed by atoms with Crippen LogP contribution in [0.1, 0.15) is 41.9 Å². The minimum Gasteiger partial charge on any atom is -0.497 e. The molecular formula is C25H24O6. The van der Waals surface area contributed by atoms with Crippen molar-refractivity contribution in [1.82, 2.24) is 0 Å². The number of rotatable bonds is 5. The third-order valence-corrected chi connectivity index (χ3v) is 6.30. The van der Waals surface area contributed by atoms with E-state index in [1.807, 2.05) is 6.07 Å². The SMILES string of the molecule is COc1ccc(C2(O)OC(=O)C(C3=COCO3)=C2CC2CCCc3ccccc32)cc1. The second kappa shape index (κ2) is 7.78. The normalized spacial score (nSPS) is 24.8. The van der Waals surface area contributed by atoms with Crippen LogP contribution >= 0.6 is 0 Å². The van der Waals surface area contributed by atoms with Gasteiger partial charge >= 0.3 is 5.97 Å². The molecule has 2 unspecified atom stereocenters. The molecule has 2 aromatic carbocycles. The van der Waals surface area contributed by atoms with E-state index in [1.165, 1.54) is 17.4 Å². The van der Waals surface area contributed by atoms with E-state index in [0.29, 0.717) is 29.1 Å². The number of ether oxygens (including phenoxy) is 4. The van der Waals surface area contributed by atoms with Gasteiger partial charge in [0.1, 0.15) is 17.6 Å². The Kier molecular flexibility index (Phi) is 4.94. The number of cyclic esters (lactones) is 1. The zero-order valence-corrected chi connectivity index (χ0v) is 17.3. The molecule has 2 heterocycles. The van der Waals surface area contributed by atoms with Crippen molar-refractivity contribution in [2.45, 2.75) is 37.4 Å². The number of benzene rings is 2. The van der Waals surface area contributed by atoms with Gasteiger partial charge in [0.25, 0.3) is 5.79 Å². The van der Waals surface area contributed by atoms with E-state index in [4.69, 9.17) is 18.9 Å². The van der Waals surface area contributed by atoms with Crippen LogP contribution in [0.15, 0.2) is 71.7 Å². The predicted octanol–water partition coefficient (Wildman–Crippen LogP) is 4.05. The van der Waals surface area contributed by atoms with Crippen LogP contribution in [0.3, 0.4) is 0 Å². The lowest BCUT2D eigenvalue weighted by atomic mass is 9.77. The predicted molar refractivity (Wildman–Crippen MR) is 112 cm³/mol. The van der Waals surface area contributed by atoms with E-state index in [0.717, 1.165) is 19.3 Å². The number of fused-ring (bicyclic) bond motifs is 1. The number of aryl methyl sites for hydroxylation is 1. The molecule has 0 spiro atoms. The summed E-state index contributed by atoms with van der Waals surface area (Å²) >= 11 is 0. The smallest absolute Gasteiger partial charge is 0.345 e. The summed E-state index contributed by atoms with van der Waals surface area (Å²) in [6.45, 7) is 0.0343. The van der Waals surface area contributed by atoms with E-state index < -0.39 is 11.8 Å². The van der Waals surface area contributed by atoms with Crippen molar-refractivity contribution >= 4 is 5.97 Å². The minimum absolute atomic E-state index is 0.0343. The summed E-state index contributed by atoms with van der Waals surface area (Å²) in [5.41, 5.74) is 3.80. The fourth-order valence-electron chi connectivity index (χ4n) is 4.76. The molecule has 0 bridgehead atoms. The van der Waals surface area contributed by atoms with Gasteiger partial charge in [-0.1, -0.05) is 24.3 Å². The highest BCUT2D eigenvalue weighted by Crippen LogP contribution is 2.48. The second-order valence-corrected chi connectivity index (χ2v) is 8.02. The van der Waals surface area contributed by atoms with E-state index in [-0.39, 0.29) is 18.3 Å². The van der Waals surface area contributed by atoms with Crippen LogP contribution in [-0.2, 0) is 31.2 Å². The minimum atomic E-state index is -1.88. The van der Waals surface area contributed by atoms with Crippen molar-refractivity contribution in [2.75, 3.05) is 13.9 Å². The molecule has 5 rings (SSSR count). The lowest BCUT2D eigenvalue weighted by Crippen LogP contribution is -2.30. The Balaban J connectivity index is 1.60. The fraction of sp³-hybridized carbons (Fsp3) is 0.320. The van der Waals surface area contributed by atoms with Crippen LogP contribution in [0.4, 0.5) is 0 Å². The number of aliphatic hydroxyl groups is 1. The monoisotopic (exact) mass is 420 g/mol. The van der Waals surface area contributed by atoms with Gasteiger partial charge in [0.15, 0.2) is 5.76 Å². The van der Waals surface area contributed by atoms with Crippen molar-refractivity contribution in [1.29, 1.82) is 0 Å². The number of carbonyl (C=O) groups is 1. The molecule has 2 atom stereocenters. The molecular weight excluding hydrogens is 396 g/mol. The largest absolute Gasteiger partial charge is 0.497 e. The van der Waals surface area contributed by atoms with E-state index in [1.54, 1.807) is 31.4 Å². The average Bonchev–Trinajstić information content (AvgIpc) is 3.41. The molecule has 6 heteroatoms. The Morgan fingerprint density at radius 1 is 1.16 bits per heavy atom. The van der Waals surface area contributed by atoms with Gasteiger partial charge in [0.05, 0.1) is 7.11 Å². The van der Waals surface area contributed by atoms with Crippen molar-refractivity contribution in [3.63, 3.8) is 0 Å². The first-order valence-electron chi connectivity index (χ1n) is 10.5. The van der Waals surface area contributed by atoms with Crippen LogP contribution in [-0.4, -0.2) is 25.0 Å². The van der Waals surface area contributed by atoms with Gasteiger partial charge in [-0.2, -0.15) is 0 Å². The molecule has 1 N–H and O–H groups in total. The molecule has 0 fully saturated rings. The van der Waals surface area contributed by atoms with E-state index in [9.17, 15) is 9.90 Å². The average molecular weight is 420 g/mol. The molecule has 0 amide bonds. The quantitative estimate of drug-likeness (QED) is 0.736. The van der Waals surface area contributed by atoms with Gasteiger partial charge in [-0.3, -0.25) is 0 Å². The Morgan fingerprint density at radius 3 is 2.71 bits per heavy atom. The highest BCUT2D eigenvalue weighted by molar-refractivity contribution is 5.97. The van der Waals surface area contributed by atoms with E-state index >= 15 is 0 Å². The Hall–Kier alpha value is -3.25. The van der Waals surface area contributed by atoms with Crippen LogP contribution in [0.5, 0.6) is 5.75 Å². The molecule has 3 aliphatic rings. The van der Waals surface area contributed by atoms with Crippen LogP contribution in [0.2, 0.25) is 0 Å². The van der Waals surface area contributed by atoms with Crippen molar-refractivity contribution in [2.24, 2.45) is 0 Å². The van der Waals surface area contributed by atoms with Crippen molar-refractivity contribution in [3.8, 4) is 5.75 Å².